The number of hydrogen-bond donors (Lipinski definition) is 1. The van der Waals surface area contributed by atoms with Gasteiger partial charge in [0, 0.05) is 6.42 Å². The van der Waals surface area contributed by atoms with Gasteiger partial charge in [0.05, 0.1) is 12.3 Å². The third-order valence-corrected chi connectivity index (χ3v) is 2.11. The van der Waals surface area contributed by atoms with Gasteiger partial charge < -0.3 is 9.84 Å². The molecular weight excluding hydrogens is 246 g/mol. The molecule has 0 bridgehead atoms. The van der Waals surface area contributed by atoms with E-state index >= 15 is 0 Å². The van der Waals surface area contributed by atoms with Crippen LogP contribution in [0.1, 0.15) is 47.0 Å². The van der Waals surface area contributed by atoms with Crippen LogP contribution in [0.15, 0.2) is 0 Å². The molecule has 0 spiro atoms. The molecule has 0 aromatic heterocycles. The van der Waals surface area contributed by atoms with E-state index in [0.29, 0.717) is 0 Å². The van der Waals surface area contributed by atoms with Crippen LogP contribution >= 0.6 is 0 Å². The van der Waals surface area contributed by atoms with Gasteiger partial charge in [-0.3, -0.25) is 9.59 Å². The molecule has 0 aliphatic rings. The van der Waals surface area contributed by atoms with Crippen LogP contribution in [-0.4, -0.2) is 28.6 Å². The van der Waals surface area contributed by atoms with Crippen molar-refractivity contribution in [1.29, 1.82) is 0 Å². The van der Waals surface area contributed by atoms with E-state index in [4.69, 9.17) is 9.84 Å². The van der Waals surface area contributed by atoms with Gasteiger partial charge >= 0.3 is 11.9 Å². The van der Waals surface area contributed by atoms with Gasteiger partial charge in [-0.05, 0) is 34.1 Å². The zero-order valence-corrected chi connectivity index (χ0v) is 11.1. The van der Waals surface area contributed by atoms with Crippen molar-refractivity contribution in [2.24, 2.45) is 5.92 Å². The summed E-state index contributed by atoms with van der Waals surface area (Å²) in [4.78, 5) is 22.3. The average Bonchev–Trinajstić information content (AvgIpc) is 2.06. The molecule has 0 saturated heterocycles. The van der Waals surface area contributed by atoms with Crippen molar-refractivity contribution < 1.29 is 28.2 Å². The van der Waals surface area contributed by atoms with E-state index in [9.17, 15) is 18.4 Å². The fourth-order valence-electron chi connectivity index (χ4n) is 1.32. The molecule has 106 valence electrons. The third-order valence-electron chi connectivity index (χ3n) is 2.11. The van der Waals surface area contributed by atoms with Crippen LogP contribution in [0.2, 0.25) is 0 Å². The Kier molecular flexibility index (Phi) is 5.70. The Bertz CT molecular complexity index is 302. The minimum atomic E-state index is -2.93. The van der Waals surface area contributed by atoms with Crippen molar-refractivity contribution in [2.75, 3.05) is 0 Å². The van der Waals surface area contributed by atoms with Crippen molar-refractivity contribution in [3.63, 3.8) is 0 Å². The molecule has 1 unspecified atom stereocenters. The molecule has 0 amide bonds. The maximum Gasteiger partial charge on any atom is 0.307 e. The van der Waals surface area contributed by atoms with E-state index in [1.165, 1.54) is 0 Å². The van der Waals surface area contributed by atoms with Crippen LogP contribution < -0.4 is 0 Å². The van der Waals surface area contributed by atoms with Gasteiger partial charge in [0.25, 0.3) is 0 Å². The molecule has 0 aliphatic carbocycles. The standard InChI is InChI=1S/C12H20F2O4/c1-11(2,3)18-9(15)7-8(10(16)17)5-6-12(4,13)14/h8H,5-7H2,1-4H3,(H,16,17). The molecule has 0 saturated carbocycles. The van der Waals surface area contributed by atoms with Gasteiger partial charge in [-0.25, -0.2) is 8.78 Å². The first-order chi connectivity index (χ1) is 7.91. The number of esters is 1. The summed E-state index contributed by atoms with van der Waals surface area (Å²) in [6.45, 7) is 5.68. The minimum Gasteiger partial charge on any atom is -0.481 e. The van der Waals surface area contributed by atoms with Crippen LogP contribution in [0.5, 0.6) is 0 Å². The lowest BCUT2D eigenvalue weighted by Crippen LogP contribution is -2.28. The molecule has 0 aromatic carbocycles. The number of carbonyl (C=O) groups excluding carboxylic acids is 1. The first-order valence-electron chi connectivity index (χ1n) is 5.73. The van der Waals surface area contributed by atoms with Gasteiger partial charge in [0.1, 0.15) is 5.60 Å². The molecular formula is C12H20F2O4. The Labute approximate surface area is 105 Å². The van der Waals surface area contributed by atoms with Crippen molar-refractivity contribution >= 4 is 11.9 Å². The summed E-state index contributed by atoms with van der Waals surface area (Å²) >= 11 is 0. The molecule has 0 fully saturated rings. The molecule has 1 atom stereocenters. The largest absolute Gasteiger partial charge is 0.481 e. The van der Waals surface area contributed by atoms with Crippen molar-refractivity contribution in [3.05, 3.63) is 0 Å². The SMILES string of the molecule is CC(F)(F)CCC(CC(=O)OC(C)(C)C)C(=O)O. The molecule has 1 N–H and O–H groups in total. The van der Waals surface area contributed by atoms with Gasteiger partial charge in [-0.15, -0.1) is 0 Å². The summed E-state index contributed by atoms with van der Waals surface area (Å²) in [7, 11) is 0. The number of halogens is 2. The molecule has 4 nitrogen and oxygen atoms in total. The highest BCUT2D eigenvalue weighted by Gasteiger charge is 2.29. The highest BCUT2D eigenvalue weighted by atomic mass is 19.3. The predicted octanol–water partition coefficient (Wildman–Crippen LogP) is 2.85. The fourth-order valence-corrected chi connectivity index (χ4v) is 1.32. The normalized spacial score (nSPS) is 14.1. The number of carboxylic acids is 1. The van der Waals surface area contributed by atoms with Gasteiger partial charge in [0.2, 0.25) is 5.92 Å². The first-order valence-corrected chi connectivity index (χ1v) is 5.73. The molecule has 0 rings (SSSR count). The van der Waals surface area contributed by atoms with Crippen LogP contribution in [0, 0.1) is 5.92 Å². The van der Waals surface area contributed by atoms with Crippen molar-refractivity contribution in [1.82, 2.24) is 0 Å². The number of carboxylic acid groups (broad SMARTS) is 1. The lowest BCUT2D eigenvalue weighted by atomic mass is 9.97. The summed E-state index contributed by atoms with van der Waals surface area (Å²) in [5.41, 5.74) is -0.713. The van der Waals surface area contributed by atoms with Crippen LogP contribution in [0.3, 0.4) is 0 Å². The van der Waals surface area contributed by atoms with Gasteiger partial charge in [0.15, 0.2) is 0 Å². The number of carbonyl (C=O) groups is 2. The predicted molar refractivity (Wildman–Crippen MR) is 61.4 cm³/mol. The average molecular weight is 266 g/mol. The molecule has 6 heteroatoms. The maximum atomic E-state index is 12.6. The summed E-state index contributed by atoms with van der Waals surface area (Å²) in [5.74, 6) is -6.01. The molecule has 18 heavy (non-hydrogen) atoms. The lowest BCUT2D eigenvalue weighted by Gasteiger charge is -2.21. The number of hydrogen-bond acceptors (Lipinski definition) is 3. The topological polar surface area (TPSA) is 63.6 Å². The Balaban J connectivity index is 4.37. The van der Waals surface area contributed by atoms with E-state index < -0.39 is 35.8 Å². The second kappa shape index (κ2) is 6.11. The van der Waals surface area contributed by atoms with Crippen LogP contribution in [0.4, 0.5) is 8.78 Å². The zero-order valence-electron chi connectivity index (χ0n) is 11.1. The van der Waals surface area contributed by atoms with Crippen molar-refractivity contribution in [2.45, 2.75) is 58.5 Å². The highest BCUT2D eigenvalue weighted by Crippen LogP contribution is 2.24. The Morgan fingerprint density at radius 3 is 2.06 bits per heavy atom. The molecule has 0 aliphatic heterocycles. The summed E-state index contributed by atoms with van der Waals surface area (Å²) in [6, 6.07) is 0. The zero-order chi connectivity index (χ0) is 14.6. The van der Waals surface area contributed by atoms with Gasteiger partial charge in [-0.1, -0.05) is 0 Å². The summed E-state index contributed by atoms with van der Waals surface area (Å²) in [6.07, 6.45) is -1.20. The Morgan fingerprint density at radius 1 is 1.22 bits per heavy atom. The van der Waals surface area contributed by atoms with Crippen LogP contribution in [0.25, 0.3) is 0 Å². The Hall–Kier alpha value is -1.20. The van der Waals surface area contributed by atoms with Crippen molar-refractivity contribution in [3.8, 4) is 0 Å². The number of ether oxygens (including phenoxy) is 1. The molecule has 0 heterocycles. The summed E-state index contributed by atoms with van der Waals surface area (Å²) in [5, 5.41) is 8.86. The first kappa shape index (κ1) is 16.8. The second-order valence-electron chi connectivity index (χ2n) is 5.43. The molecule has 0 aromatic rings. The van der Waals surface area contributed by atoms with E-state index in [1.807, 2.05) is 0 Å². The van der Waals surface area contributed by atoms with E-state index in [2.05, 4.69) is 0 Å². The number of rotatable bonds is 6. The third kappa shape index (κ3) is 8.90. The smallest absolute Gasteiger partial charge is 0.307 e. The number of aliphatic carboxylic acids is 1. The van der Waals surface area contributed by atoms with E-state index in [0.717, 1.165) is 6.92 Å². The minimum absolute atomic E-state index is 0.252. The number of alkyl halides is 2. The maximum absolute atomic E-state index is 12.6. The Morgan fingerprint density at radius 2 is 1.72 bits per heavy atom. The highest BCUT2D eigenvalue weighted by molar-refractivity contribution is 5.78. The second-order valence-corrected chi connectivity index (χ2v) is 5.43. The lowest BCUT2D eigenvalue weighted by molar-refractivity contribution is -0.160. The monoisotopic (exact) mass is 266 g/mol. The van der Waals surface area contributed by atoms with Gasteiger partial charge in [-0.2, -0.15) is 0 Å². The van der Waals surface area contributed by atoms with E-state index in [1.54, 1.807) is 20.8 Å². The molecule has 0 radical (unpaired) electrons. The quantitative estimate of drug-likeness (QED) is 0.751. The summed E-state index contributed by atoms with van der Waals surface area (Å²) < 4.78 is 30.3. The van der Waals surface area contributed by atoms with E-state index in [-0.39, 0.29) is 12.8 Å². The van der Waals surface area contributed by atoms with Crippen LogP contribution in [-0.2, 0) is 14.3 Å². The fraction of sp³-hybridized carbons (Fsp3) is 0.833.